The molecule has 1 aromatic rings. The number of nitrogen functional groups attached to an aromatic ring is 1. The van der Waals surface area contributed by atoms with Gasteiger partial charge in [-0.15, -0.1) is 0 Å². The average molecular weight is 139 g/mol. The van der Waals surface area contributed by atoms with Gasteiger partial charge in [0.1, 0.15) is 0 Å². The first-order valence-electron chi connectivity index (χ1n) is 2.96. The molecule has 1 heterocycles. The monoisotopic (exact) mass is 139 g/mol. The number of hydrogen-bond donors (Lipinski definition) is 1. The fourth-order valence-corrected chi connectivity index (χ4v) is 0.524. The predicted molar refractivity (Wildman–Crippen MR) is 38.0 cm³/mol. The third-order valence-electron chi connectivity index (χ3n) is 1.23. The molecule has 10 heavy (non-hydrogen) atoms. The lowest BCUT2D eigenvalue weighted by atomic mass is 10.3. The molecular weight excluding hydrogens is 130 g/mol. The summed E-state index contributed by atoms with van der Waals surface area (Å²) < 4.78 is 4.56. The van der Waals surface area contributed by atoms with Crippen molar-refractivity contribution in [2.24, 2.45) is 0 Å². The maximum atomic E-state index is 5.20. The topological polar surface area (TPSA) is 64.9 Å². The van der Waals surface area contributed by atoms with E-state index in [1.807, 2.05) is 19.9 Å². The van der Waals surface area contributed by atoms with Crippen molar-refractivity contribution in [2.75, 3.05) is 5.73 Å². The second kappa shape index (κ2) is 2.51. The Morgan fingerprint density at radius 2 is 2.40 bits per heavy atom. The van der Waals surface area contributed by atoms with Crippen LogP contribution in [0.25, 0.3) is 5.57 Å². The number of allylic oxidation sites excluding steroid dienone is 2. The molecule has 0 amide bonds. The maximum absolute atomic E-state index is 5.20. The molecule has 0 aliphatic carbocycles. The van der Waals surface area contributed by atoms with Gasteiger partial charge in [0, 0.05) is 0 Å². The Labute approximate surface area is 58.7 Å². The summed E-state index contributed by atoms with van der Waals surface area (Å²) in [4.78, 5) is 3.81. The van der Waals surface area contributed by atoms with Crippen LogP contribution in [0.4, 0.5) is 6.01 Å². The Morgan fingerprint density at radius 3 is 2.80 bits per heavy atom. The van der Waals surface area contributed by atoms with Gasteiger partial charge in [-0.25, -0.2) is 0 Å². The maximum Gasteiger partial charge on any atom is 0.319 e. The van der Waals surface area contributed by atoms with E-state index in [4.69, 9.17) is 5.73 Å². The van der Waals surface area contributed by atoms with Crippen molar-refractivity contribution in [3.05, 3.63) is 11.9 Å². The van der Waals surface area contributed by atoms with Gasteiger partial charge in [0.25, 0.3) is 0 Å². The Bertz CT molecular complexity index is 251. The number of nitrogens with zero attached hydrogens (tertiary/aromatic N) is 2. The van der Waals surface area contributed by atoms with Crippen LogP contribution in [0.2, 0.25) is 0 Å². The molecule has 0 bridgehead atoms. The molecule has 0 saturated carbocycles. The summed E-state index contributed by atoms with van der Waals surface area (Å²) >= 11 is 0. The van der Waals surface area contributed by atoms with Crippen LogP contribution in [0.1, 0.15) is 19.7 Å². The van der Waals surface area contributed by atoms with Crippen molar-refractivity contribution >= 4 is 11.6 Å². The zero-order valence-electron chi connectivity index (χ0n) is 5.96. The number of rotatable bonds is 1. The highest BCUT2D eigenvalue weighted by Crippen LogP contribution is 2.08. The summed E-state index contributed by atoms with van der Waals surface area (Å²) in [6.45, 7) is 3.80. The van der Waals surface area contributed by atoms with Crippen LogP contribution in [-0.2, 0) is 0 Å². The van der Waals surface area contributed by atoms with E-state index in [0.29, 0.717) is 5.82 Å². The van der Waals surface area contributed by atoms with Gasteiger partial charge < -0.3 is 10.3 Å². The zero-order chi connectivity index (χ0) is 7.56. The number of aromatic nitrogens is 2. The third-order valence-corrected chi connectivity index (χ3v) is 1.23. The molecule has 1 aromatic heterocycles. The Balaban J connectivity index is 2.95. The van der Waals surface area contributed by atoms with Gasteiger partial charge in [0.15, 0.2) is 5.82 Å². The molecular formula is C6H9N3O. The van der Waals surface area contributed by atoms with Crippen LogP contribution in [0.15, 0.2) is 10.6 Å². The van der Waals surface area contributed by atoms with Crippen molar-refractivity contribution in [1.82, 2.24) is 10.1 Å². The third kappa shape index (κ3) is 1.15. The molecule has 0 spiro atoms. The molecule has 0 saturated heterocycles. The van der Waals surface area contributed by atoms with Gasteiger partial charge in [-0.05, 0) is 19.4 Å². The molecule has 2 N–H and O–H groups in total. The van der Waals surface area contributed by atoms with E-state index in [1.165, 1.54) is 0 Å². The minimum atomic E-state index is 0.108. The second-order valence-corrected chi connectivity index (χ2v) is 1.93. The van der Waals surface area contributed by atoms with Gasteiger partial charge >= 0.3 is 6.01 Å². The molecule has 0 radical (unpaired) electrons. The summed E-state index contributed by atoms with van der Waals surface area (Å²) in [5, 5.41) is 3.61. The van der Waals surface area contributed by atoms with E-state index in [-0.39, 0.29) is 6.01 Å². The first-order chi connectivity index (χ1) is 4.74. The van der Waals surface area contributed by atoms with E-state index in [9.17, 15) is 0 Å². The van der Waals surface area contributed by atoms with Crippen molar-refractivity contribution in [3.63, 3.8) is 0 Å². The average Bonchev–Trinajstić information content (AvgIpc) is 2.34. The lowest BCUT2D eigenvalue weighted by molar-refractivity contribution is 0.432. The van der Waals surface area contributed by atoms with Crippen LogP contribution in [0.3, 0.4) is 0 Å². The molecule has 0 atom stereocenters. The quantitative estimate of drug-likeness (QED) is 0.632. The first kappa shape index (κ1) is 6.80. The second-order valence-electron chi connectivity index (χ2n) is 1.93. The molecule has 4 heteroatoms. The van der Waals surface area contributed by atoms with Crippen molar-refractivity contribution < 1.29 is 4.52 Å². The van der Waals surface area contributed by atoms with Gasteiger partial charge in [-0.2, -0.15) is 4.98 Å². The SMILES string of the molecule is CC=C(C)c1noc(N)n1. The van der Waals surface area contributed by atoms with E-state index < -0.39 is 0 Å². The molecule has 1 rings (SSSR count). The molecule has 4 nitrogen and oxygen atoms in total. The van der Waals surface area contributed by atoms with Gasteiger partial charge in [0.2, 0.25) is 0 Å². The van der Waals surface area contributed by atoms with Crippen LogP contribution in [0.5, 0.6) is 0 Å². The van der Waals surface area contributed by atoms with E-state index >= 15 is 0 Å². The lowest BCUT2D eigenvalue weighted by Gasteiger charge is -1.85. The smallest absolute Gasteiger partial charge is 0.319 e. The van der Waals surface area contributed by atoms with E-state index in [2.05, 4.69) is 14.7 Å². The number of hydrogen-bond acceptors (Lipinski definition) is 4. The number of anilines is 1. The fourth-order valence-electron chi connectivity index (χ4n) is 0.524. The van der Waals surface area contributed by atoms with Crippen molar-refractivity contribution in [1.29, 1.82) is 0 Å². The summed E-state index contributed by atoms with van der Waals surface area (Å²) in [6.07, 6.45) is 1.89. The fraction of sp³-hybridized carbons (Fsp3) is 0.333. The van der Waals surface area contributed by atoms with E-state index in [1.54, 1.807) is 0 Å². The Morgan fingerprint density at radius 1 is 1.70 bits per heavy atom. The summed E-state index contributed by atoms with van der Waals surface area (Å²) in [6, 6.07) is 0.108. The lowest BCUT2D eigenvalue weighted by Crippen LogP contribution is -1.84. The van der Waals surface area contributed by atoms with Gasteiger partial charge in [0.05, 0.1) is 0 Å². The summed E-state index contributed by atoms with van der Waals surface area (Å²) in [7, 11) is 0. The number of nitrogens with two attached hydrogens (primary N) is 1. The largest absolute Gasteiger partial charge is 0.351 e. The summed E-state index contributed by atoms with van der Waals surface area (Å²) in [5.74, 6) is 0.556. The highest BCUT2D eigenvalue weighted by Gasteiger charge is 2.01. The molecule has 0 aliphatic heterocycles. The van der Waals surface area contributed by atoms with Crippen LogP contribution >= 0.6 is 0 Å². The minimum absolute atomic E-state index is 0.108. The van der Waals surface area contributed by atoms with Gasteiger partial charge in [-0.3, -0.25) is 0 Å². The molecule has 54 valence electrons. The standard InChI is InChI=1S/C6H9N3O/c1-3-4(2)5-8-6(7)10-9-5/h3H,1-2H3,(H2,7,8,9). The highest BCUT2D eigenvalue weighted by molar-refractivity contribution is 5.56. The van der Waals surface area contributed by atoms with E-state index in [0.717, 1.165) is 5.57 Å². The van der Waals surface area contributed by atoms with Crippen LogP contribution in [-0.4, -0.2) is 10.1 Å². The summed E-state index contributed by atoms with van der Waals surface area (Å²) in [5.41, 5.74) is 6.16. The molecule has 0 fully saturated rings. The zero-order valence-corrected chi connectivity index (χ0v) is 5.96. The van der Waals surface area contributed by atoms with Crippen LogP contribution in [0, 0.1) is 0 Å². The molecule has 0 aromatic carbocycles. The molecule has 0 unspecified atom stereocenters. The van der Waals surface area contributed by atoms with Crippen LogP contribution < -0.4 is 5.73 Å². The first-order valence-corrected chi connectivity index (χ1v) is 2.96. The van der Waals surface area contributed by atoms with Crippen molar-refractivity contribution in [3.8, 4) is 0 Å². The predicted octanol–water partition coefficient (Wildman–Crippen LogP) is 1.07. The Kier molecular flexibility index (Phi) is 1.71. The Hall–Kier alpha value is -1.32. The van der Waals surface area contributed by atoms with Crippen molar-refractivity contribution in [2.45, 2.75) is 13.8 Å². The van der Waals surface area contributed by atoms with Gasteiger partial charge in [-0.1, -0.05) is 11.2 Å². The highest BCUT2D eigenvalue weighted by atomic mass is 16.5. The molecule has 0 aliphatic rings. The minimum Gasteiger partial charge on any atom is -0.351 e. The normalized spacial score (nSPS) is 12.0.